The second-order valence-corrected chi connectivity index (χ2v) is 14.3. The molecule has 1 fully saturated rings. The van der Waals surface area contributed by atoms with Crippen molar-refractivity contribution < 1.29 is 27.8 Å². The summed E-state index contributed by atoms with van der Waals surface area (Å²) in [5.74, 6) is -0.722. The van der Waals surface area contributed by atoms with Gasteiger partial charge in [-0.3, -0.25) is 14.8 Å². The largest absolute Gasteiger partial charge is 0.444 e. The van der Waals surface area contributed by atoms with Crippen LogP contribution >= 0.6 is 11.6 Å². The Morgan fingerprint density at radius 2 is 1.96 bits per heavy atom. The summed E-state index contributed by atoms with van der Waals surface area (Å²) in [6.07, 6.45) is 4.06. The molecular weight excluding hydrogens is 702 g/mol. The van der Waals surface area contributed by atoms with Crippen LogP contribution in [-0.2, 0) is 23.6 Å². The Morgan fingerprint density at radius 1 is 1.09 bits per heavy atom. The maximum Gasteiger partial charge on any atom is 0.278 e. The van der Waals surface area contributed by atoms with Crippen LogP contribution in [0.3, 0.4) is 0 Å². The van der Waals surface area contributed by atoms with Crippen molar-refractivity contribution >= 4 is 50.7 Å². The average Bonchev–Trinajstić information content (AvgIpc) is 3.78. The van der Waals surface area contributed by atoms with Gasteiger partial charge < -0.3 is 24.1 Å². The summed E-state index contributed by atoms with van der Waals surface area (Å²) < 4.78 is 50.2. The number of hydrogen-bond donors (Lipinski definition) is 2. The molecule has 0 aliphatic carbocycles. The van der Waals surface area contributed by atoms with E-state index in [1.54, 1.807) is 32.0 Å². The number of aryl methyl sites for hydroxylation is 1. The predicted molar refractivity (Wildman–Crippen MR) is 197 cm³/mol. The van der Waals surface area contributed by atoms with E-state index in [-0.39, 0.29) is 22.7 Å². The minimum absolute atomic E-state index is 0.115. The second-order valence-electron chi connectivity index (χ2n) is 13.9. The minimum Gasteiger partial charge on any atom is -0.444 e. The summed E-state index contributed by atoms with van der Waals surface area (Å²) in [6.45, 7) is 6.97. The molecule has 2 aromatic heterocycles. The monoisotopic (exact) mass is 736 g/mol. The van der Waals surface area contributed by atoms with Gasteiger partial charge in [-0.15, -0.1) is 0 Å². The highest BCUT2D eigenvalue weighted by molar-refractivity contribution is 6.30. The first-order valence-electron chi connectivity index (χ1n) is 17.6. The van der Waals surface area contributed by atoms with Gasteiger partial charge in [-0.25, -0.2) is 13.8 Å². The number of rotatable bonds is 8. The van der Waals surface area contributed by atoms with Crippen molar-refractivity contribution in [3.05, 3.63) is 118 Å². The van der Waals surface area contributed by atoms with E-state index in [0.29, 0.717) is 52.9 Å². The van der Waals surface area contributed by atoms with E-state index in [0.717, 1.165) is 54.0 Å². The Labute approximate surface area is 308 Å². The number of carbonyl (C=O) groups is 1. The molecule has 6 aromatic rings. The van der Waals surface area contributed by atoms with Gasteiger partial charge in [0.05, 0.1) is 41.5 Å². The fourth-order valence-electron chi connectivity index (χ4n) is 7.40. The maximum absolute atomic E-state index is 14.9. The van der Waals surface area contributed by atoms with Crippen molar-refractivity contribution in [2.75, 3.05) is 25.0 Å². The molecular formula is C40H35ClF2N6O4. The number of H-pyrrole nitrogens is 1. The number of fused-ring (bicyclic) bond motifs is 3. The Bertz CT molecular complexity index is 2480. The molecule has 4 aromatic carbocycles. The molecule has 13 heteroatoms. The SMILES string of the molecule is Cc1n[nH]c2c(F)cc(C(=O)Nc3ccc4c(c3)nc(CN3CC=C(c5cccc6c5OC(C)(c5ccc(Cl)cc5F)O6)CC3)n4CC3CCO3)cc12. The van der Waals surface area contributed by atoms with Crippen LogP contribution in [0.5, 0.6) is 11.5 Å². The van der Waals surface area contributed by atoms with Gasteiger partial charge >= 0.3 is 0 Å². The Hall–Kier alpha value is -5.30. The summed E-state index contributed by atoms with van der Waals surface area (Å²) in [4.78, 5) is 20.6. The number of aromatic amines is 1. The summed E-state index contributed by atoms with van der Waals surface area (Å²) in [7, 11) is 0. The molecule has 5 heterocycles. The van der Waals surface area contributed by atoms with Gasteiger partial charge in [0.15, 0.2) is 11.5 Å². The molecule has 2 N–H and O–H groups in total. The molecule has 9 rings (SSSR count). The molecule has 270 valence electrons. The van der Waals surface area contributed by atoms with Crippen LogP contribution in [0.25, 0.3) is 27.5 Å². The van der Waals surface area contributed by atoms with E-state index in [1.807, 2.05) is 36.4 Å². The first-order valence-corrected chi connectivity index (χ1v) is 17.9. The highest BCUT2D eigenvalue weighted by Gasteiger charge is 2.42. The number of hydrogen-bond acceptors (Lipinski definition) is 7. The summed E-state index contributed by atoms with van der Waals surface area (Å²) in [5, 5.41) is 10.5. The number of halogens is 3. The summed E-state index contributed by atoms with van der Waals surface area (Å²) in [5.41, 5.74) is 5.67. The highest BCUT2D eigenvalue weighted by Crippen LogP contribution is 2.49. The van der Waals surface area contributed by atoms with Gasteiger partial charge in [-0.1, -0.05) is 29.8 Å². The molecule has 53 heavy (non-hydrogen) atoms. The Balaban J connectivity index is 0.939. The Kier molecular flexibility index (Phi) is 8.21. The lowest BCUT2D eigenvalue weighted by atomic mass is 9.98. The topological polar surface area (TPSA) is 107 Å². The van der Waals surface area contributed by atoms with Gasteiger partial charge in [0.1, 0.15) is 23.0 Å². The van der Waals surface area contributed by atoms with Crippen LogP contribution in [0.1, 0.15) is 52.8 Å². The first kappa shape index (κ1) is 33.5. The van der Waals surface area contributed by atoms with E-state index in [1.165, 1.54) is 12.1 Å². The lowest BCUT2D eigenvalue weighted by Gasteiger charge is -2.29. The number of nitrogens with one attached hydrogen (secondary N) is 2. The molecule has 0 radical (unpaired) electrons. The number of aromatic nitrogens is 4. The van der Waals surface area contributed by atoms with Crippen molar-refractivity contribution in [3.8, 4) is 11.5 Å². The number of imidazole rings is 1. The van der Waals surface area contributed by atoms with E-state index in [2.05, 4.69) is 31.1 Å². The van der Waals surface area contributed by atoms with E-state index < -0.39 is 23.3 Å². The summed E-state index contributed by atoms with van der Waals surface area (Å²) >= 11 is 6.00. The third kappa shape index (κ3) is 6.10. The van der Waals surface area contributed by atoms with Crippen LogP contribution in [0.15, 0.2) is 72.8 Å². The predicted octanol–water partition coefficient (Wildman–Crippen LogP) is 8.13. The third-order valence-corrected chi connectivity index (χ3v) is 10.6. The number of amides is 1. The van der Waals surface area contributed by atoms with Crippen LogP contribution in [0.2, 0.25) is 5.02 Å². The maximum atomic E-state index is 14.9. The number of carbonyl (C=O) groups excluding carboxylic acids is 1. The number of nitrogens with zero attached hydrogens (tertiary/aromatic N) is 4. The van der Waals surface area contributed by atoms with Crippen LogP contribution in [0, 0.1) is 18.6 Å². The van der Waals surface area contributed by atoms with Crippen molar-refractivity contribution in [2.45, 2.75) is 51.7 Å². The quantitative estimate of drug-likeness (QED) is 0.163. The van der Waals surface area contributed by atoms with Crippen molar-refractivity contribution in [1.29, 1.82) is 0 Å². The molecule has 0 spiro atoms. The van der Waals surface area contributed by atoms with E-state index >= 15 is 0 Å². The molecule has 2 unspecified atom stereocenters. The first-order chi connectivity index (χ1) is 25.6. The lowest BCUT2D eigenvalue weighted by Crippen LogP contribution is -2.33. The number of ether oxygens (including phenoxy) is 3. The zero-order chi connectivity index (χ0) is 36.4. The molecule has 2 atom stereocenters. The number of anilines is 1. The normalized spacial score (nSPS) is 19.8. The molecule has 0 bridgehead atoms. The molecule has 0 saturated carbocycles. The van der Waals surface area contributed by atoms with Crippen LogP contribution < -0.4 is 14.8 Å². The fourth-order valence-corrected chi connectivity index (χ4v) is 7.56. The standard InChI is InChI=1S/C40H35ClF2N6O4/c1-22-29-16-24(17-32(43)37(29)47-46-22)39(50)44-26-7-9-34-33(19-26)45-36(49(34)20-27-12-15-51-27)21-48-13-10-23(11-14-48)28-4-3-5-35-38(28)53-40(2,52-35)30-8-6-25(41)18-31(30)42/h3-10,16-19,27H,11-15,20-21H2,1-2H3,(H,44,50)(H,46,47). The van der Waals surface area contributed by atoms with Gasteiger partial charge in [0, 0.05) is 53.8 Å². The molecule has 3 aliphatic heterocycles. The molecule has 3 aliphatic rings. The van der Waals surface area contributed by atoms with Crippen LogP contribution in [0.4, 0.5) is 14.5 Å². The zero-order valence-corrected chi connectivity index (χ0v) is 29.8. The lowest BCUT2D eigenvalue weighted by molar-refractivity contribution is -0.0708. The van der Waals surface area contributed by atoms with Crippen molar-refractivity contribution in [3.63, 3.8) is 0 Å². The second kappa shape index (κ2) is 13.0. The van der Waals surface area contributed by atoms with E-state index in [4.69, 9.17) is 30.8 Å². The smallest absolute Gasteiger partial charge is 0.278 e. The Morgan fingerprint density at radius 3 is 2.74 bits per heavy atom. The number of benzene rings is 4. The van der Waals surface area contributed by atoms with E-state index in [9.17, 15) is 13.6 Å². The van der Waals surface area contributed by atoms with Gasteiger partial charge in [-0.2, -0.15) is 5.10 Å². The minimum atomic E-state index is -1.33. The molecule has 1 amide bonds. The van der Waals surface area contributed by atoms with Crippen molar-refractivity contribution in [2.24, 2.45) is 0 Å². The van der Waals surface area contributed by atoms with Crippen LogP contribution in [-0.4, -0.2) is 56.4 Å². The highest BCUT2D eigenvalue weighted by atomic mass is 35.5. The summed E-state index contributed by atoms with van der Waals surface area (Å²) in [6, 6.07) is 18.7. The molecule has 10 nitrogen and oxygen atoms in total. The average molecular weight is 737 g/mol. The number of para-hydroxylation sites is 1. The van der Waals surface area contributed by atoms with Gasteiger partial charge in [0.2, 0.25) is 0 Å². The van der Waals surface area contributed by atoms with Gasteiger partial charge in [-0.05, 0) is 79.9 Å². The fraction of sp³-hybridized carbons (Fsp3) is 0.275. The third-order valence-electron chi connectivity index (χ3n) is 10.3. The van der Waals surface area contributed by atoms with Crippen molar-refractivity contribution in [1.82, 2.24) is 24.6 Å². The zero-order valence-electron chi connectivity index (χ0n) is 29.0. The molecule has 1 saturated heterocycles. The van der Waals surface area contributed by atoms with Gasteiger partial charge in [0.25, 0.3) is 11.7 Å².